The van der Waals surface area contributed by atoms with E-state index in [9.17, 15) is 0 Å². The third kappa shape index (κ3) is 6.89. The van der Waals surface area contributed by atoms with Crippen LogP contribution in [0.5, 0.6) is 0 Å². The Labute approximate surface area is 170 Å². The van der Waals surface area contributed by atoms with Gasteiger partial charge in [0.15, 0.2) is 0 Å². The van der Waals surface area contributed by atoms with Gasteiger partial charge in [-0.25, -0.2) is 0 Å². The van der Waals surface area contributed by atoms with Gasteiger partial charge in [0, 0.05) is 0 Å². The summed E-state index contributed by atoms with van der Waals surface area (Å²) in [6, 6.07) is 0. The fraction of sp³-hybridized carbons (Fsp3) is 0.857. The quantitative estimate of drug-likeness (QED) is 0.289. The molecule has 0 spiro atoms. The van der Waals surface area contributed by atoms with Crippen molar-refractivity contribution in [2.45, 2.75) is 56.5 Å². The van der Waals surface area contributed by atoms with E-state index in [1.54, 1.807) is 11.7 Å². The van der Waals surface area contributed by atoms with Crippen LogP contribution >= 0.6 is 23.5 Å². The van der Waals surface area contributed by atoms with Crippen LogP contribution < -0.4 is 0 Å². The summed E-state index contributed by atoms with van der Waals surface area (Å²) < 4.78 is 4.80. The van der Waals surface area contributed by atoms with Gasteiger partial charge in [-0.2, -0.15) is 0 Å². The van der Waals surface area contributed by atoms with Gasteiger partial charge in [-0.15, -0.1) is 0 Å². The first-order valence-electron chi connectivity index (χ1n) is 7.22. The van der Waals surface area contributed by atoms with Crippen molar-refractivity contribution in [2.75, 3.05) is 11.5 Å². The average Bonchev–Trinajstić information content (AvgIpc) is 3.26. The van der Waals surface area contributed by atoms with Crippen molar-refractivity contribution < 1.29 is 0 Å². The Bertz CT molecular complexity index is 349. The van der Waals surface area contributed by atoms with Gasteiger partial charge in [0.2, 0.25) is 0 Å². The average molecular weight is 666 g/mol. The van der Waals surface area contributed by atoms with Crippen molar-refractivity contribution >= 4 is 104 Å². The molecule has 0 bridgehead atoms. The molecule has 4 atom stereocenters. The molecule has 0 aromatic heterocycles. The van der Waals surface area contributed by atoms with Gasteiger partial charge in [-0.3, -0.25) is 0 Å². The summed E-state index contributed by atoms with van der Waals surface area (Å²) in [7, 11) is 0. The first-order chi connectivity index (χ1) is 9.69. The predicted octanol–water partition coefficient (Wildman–Crippen LogP) is 2.22. The van der Waals surface area contributed by atoms with Gasteiger partial charge in [0.25, 0.3) is 0 Å². The number of hydrogen-bond acceptors (Lipinski definition) is 2. The van der Waals surface area contributed by atoms with Crippen LogP contribution in [0.1, 0.15) is 32.1 Å². The van der Waals surface area contributed by atoms with Crippen LogP contribution in [0.4, 0.5) is 0 Å². The van der Waals surface area contributed by atoms with E-state index in [-0.39, 0.29) is 0 Å². The van der Waals surface area contributed by atoms with Crippen molar-refractivity contribution in [1.82, 2.24) is 0 Å². The monoisotopic (exact) mass is 672 g/mol. The molecule has 6 heteroatoms. The molecular weight excluding hydrogens is 645 g/mol. The topological polar surface area (TPSA) is 0 Å². The van der Waals surface area contributed by atoms with E-state index in [0.717, 1.165) is 48.9 Å². The minimum absolute atomic E-state index is 0.942. The van der Waals surface area contributed by atoms with Crippen LogP contribution in [0.2, 0.25) is 13.9 Å². The molecule has 4 unspecified atom stereocenters. The maximum absolute atomic E-state index is 2.36. The van der Waals surface area contributed by atoms with Crippen molar-refractivity contribution in [1.29, 1.82) is 0 Å². The first kappa shape index (κ1) is 17.9. The van der Waals surface area contributed by atoms with Gasteiger partial charge in [-0.05, 0) is 0 Å². The Kier molecular flexibility index (Phi) is 8.00. The summed E-state index contributed by atoms with van der Waals surface area (Å²) in [5.41, 5.74) is 0. The van der Waals surface area contributed by atoms with Crippen LogP contribution in [0.15, 0.2) is 0 Å². The van der Waals surface area contributed by atoms with Crippen molar-refractivity contribution in [2.24, 2.45) is 0 Å². The predicted molar refractivity (Wildman–Crippen MR) is 101 cm³/mol. The van der Waals surface area contributed by atoms with Crippen molar-refractivity contribution in [3.63, 3.8) is 0 Å². The third-order valence-electron chi connectivity index (χ3n) is 3.65. The summed E-state index contributed by atoms with van der Waals surface area (Å²) in [6.07, 6.45) is 7.41. The molecule has 0 N–H and O–H groups in total. The van der Waals surface area contributed by atoms with Gasteiger partial charge in [0.05, 0.1) is 0 Å². The molecule has 3 fully saturated rings. The fourth-order valence-electron chi connectivity index (χ4n) is 2.40. The van der Waals surface area contributed by atoms with Crippen molar-refractivity contribution in [3.8, 4) is 0 Å². The van der Waals surface area contributed by atoms with Crippen LogP contribution in [0, 0.1) is 0 Å². The number of thioether (sulfide) groups is 2. The first-order valence-corrected chi connectivity index (χ1v) is 15.8. The summed E-state index contributed by atoms with van der Waals surface area (Å²) in [5, 5.41) is 3.61. The minimum atomic E-state index is 0.942. The van der Waals surface area contributed by atoms with Crippen LogP contribution in [-0.2, 0) is 0 Å². The second-order valence-electron chi connectivity index (χ2n) is 5.65. The molecule has 0 aliphatic carbocycles. The zero-order valence-corrected chi connectivity index (χ0v) is 21.1. The maximum atomic E-state index is 2.36. The van der Waals surface area contributed by atoms with E-state index in [2.05, 4.69) is 67.2 Å². The van der Waals surface area contributed by atoms with Gasteiger partial charge >= 0.3 is 172 Å². The van der Waals surface area contributed by atoms with E-state index in [1.807, 2.05) is 7.10 Å². The molecule has 3 heterocycles. The molecule has 3 aliphatic rings. The molecule has 0 nitrogen and oxygen atoms in total. The molecule has 0 amide bonds. The third-order valence-corrected chi connectivity index (χ3v) is 15.0. The second-order valence-corrected chi connectivity index (χ2v) is 19.0. The molecule has 3 aliphatic heterocycles. The van der Waals surface area contributed by atoms with E-state index < -0.39 is 0 Å². The molecule has 112 valence electrons. The SMILES string of the molecule is [Te]=C(CC1CS1)CC1CC[Se]C(CC(=[Te])CC2CS2)[Se]1. The second kappa shape index (κ2) is 8.95. The Morgan fingerprint density at radius 2 is 1.55 bits per heavy atom. The molecule has 0 radical (unpaired) electrons. The summed E-state index contributed by atoms with van der Waals surface area (Å²) in [6.45, 7) is 0. The zero-order valence-electron chi connectivity index (χ0n) is 11.4. The Balaban J connectivity index is 1.38. The van der Waals surface area contributed by atoms with Gasteiger partial charge in [0.1, 0.15) is 0 Å². The van der Waals surface area contributed by atoms with E-state index >= 15 is 0 Å². The molecule has 3 rings (SSSR count). The normalized spacial score (nSPS) is 35.6. The van der Waals surface area contributed by atoms with Crippen LogP contribution in [0.25, 0.3) is 0 Å². The molecular formula is C14H20S2Se2Te2. The Hall–Kier alpha value is 3.06. The summed E-state index contributed by atoms with van der Waals surface area (Å²) >= 11 is 11.0. The number of hydrogen-bond donors (Lipinski definition) is 0. The molecule has 0 aromatic rings. The summed E-state index contributed by atoms with van der Waals surface area (Å²) in [5.74, 6) is 2.88. The van der Waals surface area contributed by atoms with E-state index in [1.165, 1.54) is 37.2 Å². The van der Waals surface area contributed by atoms with Crippen molar-refractivity contribution in [3.05, 3.63) is 0 Å². The van der Waals surface area contributed by atoms with Crippen LogP contribution in [-0.4, -0.2) is 103 Å². The van der Waals surface area contributed by atoms with E-state index in [4.69, 9.17) is 0 Å². The molecule has 3 saturated heterocycles. The number of rotatable bonds is 8. The Morgan fingerprint density at radius 3 is 2.15 bits per heavy atom. The Morgan fingerprint density at radius 1 is 0.950 bits per heavy atom. The zero-order chi connectivity index (χ0) is 13.9. The van der Waals surface area contributed by atoms with Gasteiger partial charge in [-0.1, -0.05) is 0 Å². The molecule has 0 saturated carbocycles. The standard InChI is InChI=1S/C14H20S2Se2Te2/c19-12(3-9-7-15-9)5-11-1-2-17-14(18-11)6-13(20)4-10-8-16-10/h9-11,14H,1-8H2. The molecule has 0 aromatic carbocycles. The van der Waals surface area contributed by atoms with E-state index in [0.29, 0.717) is 0 Å². The summed E-state index contributed by atoms with van der Waals surface area (Å²) in [4.78, 5) is 1.10. The van der Waals surface area contributed by atoms with Crippen LogP contribution in [0.3, 0.4) is 0 Å². The van der Waals surface area contributed by atoms with Gasteiger partial charge < -0.3 is 0 Å². The molecule has 20 heavy (non-hydrogen) atoms. The fourth-order valence-corrected chi connectivity index (χ4v) is 17.9.